The van der Waals surface area contributed by atoms with Gasteiger partial charge in [-0.15, -0.1) is 0 Å². The van der Waals surface area contributed by atoms with Gasteiger partial charge in [0.1, 0.15) is 0 Å². The van der Waals surface area contributed by atoms with Crippen molar-refractivity contribution < 1.29 is 9.47 Å². The van der Waals surface area contributed by atoms with Crippen molar-refractivity contribution in [2.75, 3.05) is 14.2 Å². The van der Waals surface area contributed by atoms with Gasteiger partial charge in [0.2, 0.25) is 0 Å². The molecule has 0 bridgehead atoms. The van der Waals surface area contributed by atoms with Gasteiger partial charge < -0.3 is 9.47 Å². The van der Waals surface area contributed by atoms with Crippen LogP contribution in [0.2, 0.25) is 0 Å². The average molecular weight is 142 g/mol. The quantitative estimate of drug-likeness (QED) is 0.430. The van der Waals surface area contributed by atoms with Crippen LogP contribution in [0.4, 0.5) is 0 Å². The zero-order chi connectivity index (χ0) is 7.82. The maximum absolute atomic E-state index is 4.94. The Balaban J connectivity index is 3.43. The SMILES string of the molecule is C=C/C=C/CC(OC)OC. The second-order valence-corrected chi connectivity index (χ2v) is 1.80. The molecular formula is C8H14O2. The number of ether oxygens (including phenoxy) is 2. The van der Waals surface area contributed by atoms with Crippen LogP contribution in [0.5, 0.6) is 0 Å². The van der Waals surface area contributed by atoms with Crippen molar-refractivity contribution in [1.82, 2.24) is 0 Å². The second-order valence-electron chi connectivity index (χ2n) is 1.80. The van der Waals surface area contributed by atoms with E-state index in [1.165, 1.54) is 0 Å². The van der Waals surface area contributed by atoms with Crippen LogP contribution in [0, 0.1) is 0 Å². The fraction of sp³-hybridized carbons (Fsp3) is 0.500. The van der Waals surface area contributed by atoms with Crippen LogP contribution in [0.25, 0.3) is 0 Å². The van der Waals surface area contributed by atoms with E-state index in [0.29, 0.717) is 0 Å². The highest BCUT2D eigenvalue weighted by Gasteiger charge is 1.98. The molecule has 0 aromatic heterocycles. The Morgan fingerprint density at radius 3 is 2.40 bits per heavy atom. The Kier molecular flexibility index (Phi) is 6.13. The Morgan fingerprint density at radius 1 is 1.40 bits per heavy atom. The van der Waals surface area contributed by atoms with Gasteiger partial charge in [0, 0.05) is 20.6 Å². The first-order chi connectivity index (χ1) is 4.85. The average Bonchev–Trinajstić information content (AvgIpc) is 1.99. The molecule has 0 spiro atoms. The predicted octanol–water partition coefficient (Wildman–Crippen LogP) is 1.74. The van der Waals surface area contributed by atoms with Crippen LogP contribution >= 0.6 is 0 Å². The first-order valence-electron chi connectivity index (χ1n) is 3.18. The Bertz CT molecular complexity index is 104. The summed E-state index contributed by atoms with van der Waals surface area (Å²) in [6.07, 6.45) is 6.17. The smallest absolute Gasteiger partial charge is 0.160 e. The molecule has 0 aliphatic heterocycles. The summed E-state index contributed by atoms with van der Waals surface area (Å²) >= 11 is 0. The van der Waals surface area contributed by atoms with E-state index in [1.54, 1.807) is 20.3 Å². The van der Waals surface area contributed by atoms with E-state index in [0.717, 1.165) is 6.42 Å². The van der Waals surface area contributed by atoms with E-state index in [9.17, 15) is 0 Å². The summed E-state index contributed by atoms with van der Waals surface area (Å²) in [6, 6.07) is 0. The Hall–Kier alpha value is -0.600. The molecule has 0 amide bonds. The summed E-state index contributed by atoms with van der Waals surface area (Å²) < 4.78 is 9.88. The van der Waals surface area contributed by atoms with Gasteiger partial charge in [-0.1, -0.05) is 24.8 Å². The molecular weight excluding hydrogens is 128 g/mol. The topological polar surface area (TPSA) is 18.5 Å². The minimum atomic E-state index is -0.129. The fourth-order valence-corrected chi connectivity index (χ4v) is 0.575. The van der Waals surface area contributed by atoms with Gasteiger partial charge in [0.15, 0.2) is 6.29 Å². The van der Waals surface area contributed by atoms with Crippen molar-refractivity contribution in [3.63, 3.8) is 0 Å². The summed E-state index contributed by atoms with van der Waals surface area (Å²) in [4.78, 5) is 0. The van der Waals surface area contributed by atoms with Gasteiger partial charge in [0.25, 0.3) is 0 Å². The van der Waals surface area contributed by atoms with Crippen LogP contribution in [-0.4, -0.2) is 20.5 Å². The third kappa shape index (κ3) is 4.30. The molecule has 0 unspecified atom stereocenters. The van der Waals surface area contributed by atoms with Crippen LogP contribution in [-0.2, 0) is 9.47 Å². The highest BCUT2D eigenvalue weighted by atomic mass is 16.7. The van der Waals surface area contributed by atoms with Gasteiger partial charge >= 0.3 is 0 Å². The van der Waals surface area contributed by atoms with E-state index in [2.05, 4.69) is 6.58 Å². The molecule has 0 N–H and O–H groups in total. The number of methoxy groups -OCH3 is 2. The van der Waals surface area contributed by atoms with Gasteiger partial charge in [0.05, 0.1) is 0 Å². The minimum Gasteiger partial charge on any atom is -0.356 e. The van der Waals surface area contributed by atoms with Gasteiger partial charge in [-0.05, 0) is 0 Å². The van der Waals surface area contributed by atoms with Crippen molar-refractivity contribution in [2.45, 2.75) is 12.7 Å². The van der Waals surface area contributed by atoms with E-state index >= 15 is 0 Å². The molecule has 0 radical (unpaired) electrons. The maximum Gasteiger partial charge on any atom is 0.160 e. The minimum absolute atomic E-state index is 0.129. The highest BCUT2D eigenvalue weighted by molar-refractivity contribution is 4.97. The molecule has 0 rings (SSSR count). The van der Waals surface area contributed by atoms with Crippen LogP contribution in [0.1, 0.15) is 6.42 Å². The van der Waals surface area contributed by atoms with E-state index in [4.69, 9.17) is 9.47 Å². The normalized spacial score (nSPS) is 11.1. The first kappa shape index (κ1) is 9.40. The van der Waals surface area contributed by atoms with E-state index < -0.39 is 0 Å². The molecule has 0 aliphatic carbocycles. The summed E-state index contributed by atoms with van der Waals surface area (Å²) in [5, 5.41) is 0. The number of allylic oxidation sites excluding steroid dienone is 2. The number of rotatable bonds is 5. The van der Waals surface area contributed by atoms with Gasteiger partial charge in [-0.3, -0.25) is 0 Å². The lowest BCUT2D eigenvalue weighted by molar-refractivity contribution is -0.0986. The third-order valence-corrected chi connectivity index (χ3v) is 1.13. The second kappa shape index (κ2) is 6.52. The molecule has 10 heavy (non-hydrogen) atoms. The Labute approximate surface area is 62.1 Å². The van der Waals surface area contributed by atoms with Crippen molar-refractivity contribution in [2.24, 2.45) is 0 Å². The van der Waals surface area contributed by atoms with E-state index in [-0.39, 0.29) is 6.29 Å². The summed E-state index contributed by atoms with van der Waals surface area (Å²) in [7, 11) is 3.24. The van der Waals surface area contributed by atoms with Crippen LogP contribution in [0.3, 0.4) is 0 Å². The van der Waals surface area contributed by atoms with Crippen molar-refractivity contribution in [1.29, 1.82) is 0 Å². The predicted molar refractivity (Wildman–Crippen MR) is 41.8 cm³/mol. The number of hydrogen-bond acceptors (Lipinski definition) is 2. The van der Waals surface area contributed by atoms with Gasteiger partial charge in [-0.2, -0.15) is 0 Å². The molecule has 0 fully saturated rings. The number of hydrogen-bond donors (Lipinski definition) is 0. The van der Waals surface area contributed by atoms with E-state index in [1.807, 2.05) is 12.2 Å². The Morgan fingerprint density at radius 2 is 2.00 bits per heavy atom. The standard InChI is InChI=1S/C8H14O2/c1-4-5-6-7-8(9-2)10-3/h4-6,8H,1,7H2,2-3H3/b6-5+. The molecule has 0 saturated carbocycles. The molecule has 0 aliphatic rings. The summed E-state index contributed by atoms with van der Waals surface area (Å²) in [5.41, 5.74) is 0. The largest absolute Gasteiger partial charge is 0.356 e. The van der Waals surface area contributed by atoms with Crippen LogP contribution < -0.4 is 0 Å². The highest BCUT2D eigenvalue weighted by Crippen LogP contribution is 1.97. The molecule has 0 saturated heterocycles. The molecule has 0 aromatic rings. The third-order valence-electron chi connectivity index (χ3n) is 1.13. The molecule has 0 aromatic carbocycles. The zero-order valence-corrected chi connectivity index (χ0v) is 6.54. The zero-order valence-electron chi connectivity index (χ0n) is 6.54. The summed E-state index contributed by atoms with van der Waals surface area (Å²) in [6.45, 7) is 3.54. The molecule has 58 valence electrons. The van der Waals surface area contributed by atoms with Crippen molar-refractivity contribution in [3.05, 3.63) is 24.8 Å². The molecule has 0 heterocycles. The first-order valence-corrected chi connectivity index (χ1v) is 3.18. The fourth-order valence-electron chi connectivity index (χ4n) is 0.575. The monoisotopic (exact) mass is 142 g/mol. The van der Waals surface area contributed by atoms with Crippen molar-refractivity contribution in [3.8, 4) is 0 Å². The lowest BCUT2D eigenvalue weighted by atomic mass is 10.3. The molecule has 0 atom stereocenters. The lowest BCUT2D eigenvalue weighted by Crippen LogP contribution is -2.10. The van der Waals surface area contributed by atoms with Crippen LogP contribution in [0.15, 0.2) is 24.8 Å². The summed E-state index contributed by atoms with van der Waals surface area (Å²) in [5.74, 6) is 0. The van der Waals surface area contributed by atoms with Gasteiger partial charge in [-0.25, -0.2) is 0 Å². The lowest BCUT2D eigenvalue weighted by Gasteiger charge is -2.09. The molecule has 2 nitrogen and oxygen atoms in total. The van der Waals surface area contributed by atoms with Crippen molar-refractivity contribution >= 4 is 0 Å². The molecule has 2 heteroatoms. The maximum atomic E-state index is 4.94.